The lowest BCUT2D eigenvalue weighted by Crippen LogP contribution is -2.41. The maximum Gasteiger partial charge on any atom is 0.407 e. The summed E-state index contributed by atoms with van der Waals surface area (Å²) in [7, 11) is 0. The van der Waals surface area contributed by atoms with Gasteiger partial charge in [-0.3, -0.25) is 4.79 Å². The molecular formula is C23H27N5O3S. The first kappa shape index (κ1) is 22.0. The van der Waals surface area contributed by atoms with Crippen LogP contribution in [0.2, 0.25) is 0 Å². The molecule has 2 aromatic heterocycles. The van der Waals surface area contributed by atoms with Gasteiger partial charge < -0.3 is 20.7 Å². The number of ether oxygens (including phenoxy) is 1. The molecule has 2 amide bonds. The van der Waals surface area contributed by atoms with Gasteiger partial charge in [0.05, 0.1) is 16.6 Å². The van der Waals surface area contributed by atoms with E-state index in [1.807, 2.05) is 52.0 Å². The van der Waals surface area contributed by atoms with Gasteiger partial charge in [-0.15, -0.1) is 11.3 Å². The van der Waals surface area contributed by atoms with Crippen molar-refractivity contribution >= 4 is 39.4 Å². The van der Waals surface area contributed by atoms with Crippen LogP contribution in [0, 0.1) is 6.92 Å². The van der Waals surface area contributed by atoms with Crippen molar-refractivity contribution in [1.82, 2.24) is 20.2 Å². The van der Waals surface area contributed by atoms with E-state index in [4.69, 9.17) is 10.5 Å². The van der Waals surface area contributed by atoms with Crippen molar-refractivity contribution in [3.05, 3.63) is 41.6 Å². The zero-order valence-electron chi connectivity index (χ0n) is 18.6. The summed E-state index contributed by atoms with van der Waals surface area (Å²) in [6.07, 6.45) is 1.89. The SMILES string of the molecule is Cc1c(-c2ccnc(N)n2)sc2ccc(C(=O)N3CCC(NC(=O)OC(C)(C)C)C3)cc12. The highest BCUT2D eigenvalue weighted by atomic mass is 32.1. The minimum atomic E-state index is -0.553. The normalized spacial score (nSPS) is 16.4. The van der Waals surface area contributed by atoms with Crippen LogP contribution in [0.5, 0.6) is 0 Å². The fraction of sp³-hybridized carbons (Fsp3) is 0.391. The average Bonchev–Trinajstić information content (AvgIpc) is 3.30. The standard InChI is InChI=1S/C23H27N5O3S/c1-13-16-11-14(5-6-18(16)32-19(13)17-7-9-25-21(24)27-17)20(29)28-10-8-15(12-28)26-22(30)31-23(2,3)4/h5-7,9,11,15H,8,10,12H2,1-4H3,(H,26,30)(H2,24,25,27). The number of rotatable bonds is 3. The van der Waals surface area contributed by atoms with Crippen LogP contribution >= 0.6 is 11.3 Å². The second kappa shape index (κ2) is 8.38. The molecule has 1 aromatic carbocycles. The van der Waals surface area contributed by atoms with Crippen molar-refractivity contribution in [1.29, 1.82) is 0 Å². The van der Waals surface area contributed by atoms with Crippen LogP contribution in [0.1, 0.15) is 43.1 Å². The average molecular weight is 454 g/mol. The number of carbonyl (C=O) groups excluding carboxylic acids is 2. The first-order valence-electron chi connectivity index (χ1n) is 10.5. The van der Waals surface area contributed by atoms with Gasteiger partial charge in [0.1, 0.15) is 5.60 Å². The fourth-order valence-corrected chi connectivity index (χ4v) is 4.98. The molecule has 1 atom stereocenters. The van der Waals surface area contributed by atoms with E-state index < -0.39 is 11.7 Å². The van der Waals surface area contributed by atoms with Gasteiger partial charge in [-0.2, -0.15) is 0 Å². The van der Waals surface area contributed by atoms with Gasteiger partial charge in [-0.1, -0.05) is 0 Å². The molecular weight excluding hydrogens is 426 g/mol. The molecule has 0 saturated carbocycles. The van der Waals surface area contributed by atoms with Crippen molar-refractivity contribution in [2.24, 2.45) is 0 Å². The lowest BCUT2D eigenvalue weighted by Gasteiger charge is -2.22. The van der Waals surface area contributed by atoms with Gasteiger partial charge in [0.25, 0.3) is 5.91 Å². The highest BCUT2D eigenvalue weighted by Crippen LogP contribution is 2.38. The first-order chi connectivity index (χ1) is 15.1. The third-order valence-electron chi connectivity index (χ3n) is 5.29. The third-order valence-corrected chi connectivity index (χ3v) is 6.58. The Hall–Kier alpha value is -3.20. The topological polar surface area (TPSA) is 110 Å². The minimum absolute atomic E-state index is 0.0428. The van der Waals surface area contributed by atoms with E-state index >= 15 is 0 Å². The summed E-state index contributed by atoms with van der Waals surface area (Å²) in [6.45, 7) is 8.55. The van der Waals surface area contributed by atoms with Crippen LogP contribution < -0.4 is 11.1 Å². The number of thiophene rings is 1. The van der Waals surface area contributed by atoms with Gasteiger partial charge >= 0.3 is 6.09 Å². The first-order valence-corrected chi connectivity index (χ1v) is 11.3. The molecule has 0 aliphatic carbocycles. The van der Waals surface area contributed by atoms with Gasteiger partial charge in [0, 0.05) is 29.5 Å². The number of alkyl carbamates (subject to hydrolysis) is 1. The third kappa shape index (κ3) is 4.67. The number of nitrogens with one attached hydrogen (secondary N) is 1. The second-order valence-corrected chi connectivity index (χ2v) is 10.0. The van der Waals surface area contributed by atoms with Crippen molar-refractivity contribution in [2.45, 2.75) is 45.8 Å². The Bertz CT molecular complexity index is 1180. The van der Waals surface area contributed by atoms with Crippen LogP contribution in [0.25, 0.3) is 20.7 Å². The Balaban J connectivity index is 1.50. The molecule has 3 N–H and O–H groups in total. The van der Waals surface area contributed by atoms with E-state index in [2.05, 4.69) is 15.3 Å². The van der Waals surface area contributed by atoms with Crippen LogP contribution in [-0.2, 0) is 4.74 Å². The lowest BCUT2D eigenvalue weighted by molar-refractivity contribution is 0.0502. The number of benzene rings is 1. The van der Waals surface area contributed by atoms with Crippen molar-refractivity contribution in [3.63, 3.8) is 0 Å². The molecule has 3 heterocycles. The summed E-state index contributed by atoms with van der Waals surface area (Å²) in [5.74, 6) is 0.192. The molecule has 0 bridgehead atoms. The van der Waals surface area contributed by atoms with E-state index in [0.29, 0.717) is 25.1 Å². The van der Waals surface area contributed by atoms with E-state index in [9.17, 15) is 9.59 Å². The second-order valence-electron chi connectivity index (χ2n) is 8.95. The van der Waals surface area contributed by atoms with Crippen molar-refractivity contribution in [2.75, 3.05) is 18.8 Å². The van der Waals surface area contributed by atoms with E-state index in [1.165, 1.54) is 0 Å². The summed E-state index contributed by atoms with van der Waals surface area (Å²) in [5, 5.41) is 3.88. The summed E-state index contributed by atoms with van der Waals surface area (Å²) in [6, 6.07) is 7.48. The Labute approximate surface area is 190 Å². The van der Waals surface area contributed by atoms with Crippen molar-refractivity contribution in [3.8, 4) is 10.6 Å². The number of aryl methyl sites for hydroxylation is 1. The molecule has 1 saturated heterocycles. The maximum absolute atomic E-state index is 13.1. The number of hydrogen-bond acceptors (Lipinski definition) is 7. The fourth-order valence-electron chi connectivity index (χ4n) is 3.82. The highest BCUT2D eigenvalue weighted by molar-refractivity contribution is 7.22. The zero-order valence-corrected chi connectivity index (χ0v) is 19.5. The molecule has 4 rings (SSSR count). The smallest absolute Gasteiger partial charge is 0.407 e. The predicted octanol–water partition coefficient (Wildman–Crippen LogP) is 3.99. The van der Waals surface area contributed by atoms with Crippen LogP contribution in [-0.4, -0.2) is 51.6 Å². The Kier molecular flexibility index (Phi) is 5.77. The molecule has 0 radical (unpaired) electrons. The summed E-state index contributed by atoms with van der Waals surface area (Å²) in [5.41, 5.74) is 7.66. The summed E-state index contributed by atoms with van der Waals surface area (Å²) >= 11 is 1.62. The number of aromatic nitrogens is 2. The number of fused-ring (bicyclic) bond motifs is 1. The van der Waals surface area contributed by atoms with Gasteiger partial charge in [0.2, 0.25) is 5.95 Å². The molecule has 32 heavy (non-hydrogen) atoms. The largest absolute Gasteiger partial charge is 0.444 e. The number of carbonyl (C=O) groups is 2. The highest BCUT2D eigenvalue weighted by Gasteiger charge is 2.29. The maximum atomic E-state index is 13.1. The van der Waals surface area contributed by atoms with Gasteiger partial charge in [-0.25, -0.2) is 14.8 Å². The molecule has 9 heteroatoms. The number of hydrogen-bond donors (Lipinski definition) is 2. The number of amides is 2. The Morgan fingerprint density at radius 3 is 2.78 bits per heavy atom. The van der Waals surface area contributed by atoms with Gasteiger partial charge in [-0.05, 0) is 69.3 Å². The molecule has 0 spiro atoms. The molecule has 1 aliphatic heterocycles. The van der Waals surface area contributed by atoms with E-state index in [0.717, 1.165) is 26.2 Å². The molecule has 1 unspecified atom stereocenters. The Morgan fingerprint density at radius 1 is 1.28 bits per heavy atom. The Morgan fingerprint density at radius 2 is 2.06 bits per heavy atom. The van der Waals surface area contributed by atoms with E-state index in [-0.39, 0.29) is 17.9 Å². The van der Waals surface area contributed by atoms with E-state index in [1.54, 1.807) is 22.4 Å². The van der Waals surface area contributed by atoms with Crippen LogP contribution in [0.3, 0.4) is 0 Å². The lowest BCUT2D eigenvalue weighted by atomic mass is 10.1. The van der Waals surface area contributed by atoms with Crippen LogP contribution in [0.15, 0.2) is 30.5 Å². The molecule has 3 aromatic rings. The molecule has 1 fully saturated rings. The molecule has 1 aliphatic rings. The molecule has 8 nitrogen and oxygen atoms in total. The monoisotopic (exact) mass is 453 g/mol. The number of nitrogen functional groups attached to an aromatic ring is 1. The zero-order chi connectivity index (χ0) is 23.0. The molecule has 168 valence electrons. The summed E-state index contributed by atoms with van der Waals surface area (Å²) < 4.78 is 6.40. The number of anilines is 1. The summed E-state index contributed by atoms with van der Waals surface area (Å²) in [4.78, 5) is 36.2. The predicted molar refractivity (Wildman–Crippen MR) is 126 cm³/mol. The van der Waals surface area contributed by atoms with Gasteiger partial charge in [0.15, 0.2) is 0 Å². The van der Waals surface area contributed by atoms with Crippen molar-refractivity contribution < 1.29 is 14.3 Å². The quantitative estimate of drug-likeness (QED) is 0.620. The van der Waals surface area contributed by atoms with Crippen LogP contribution in [0.4, 0.5) is 10.7 Å². The number of likely N-dealkylation sites (tertiary alicyclic amines) is 1. The number of nitrogens with two attached hydrogens (primary N) is 1. The number of nitrogens with zero attached hydrogens (tertiary/aromatic N) is 3. The minimum Gasteiger partial charge on any atom is -0.444 e.